The van der Waals surface area contributed by atoms with E-state index in [0.717, 1.165) is 12.0 Å². The topological polar surface area (TPSA) is 64.6 Å². The van der Waals surface area contributed by atoms with Gasteiger partial charge in [-0.25, -0.2) is 4.79 Å². The summed E-state index contributed by atoms with van der Waals surface area (Å²) in [4.78, 5) is 22.3. The third-order valence-corrected chi connectivity index (χ3v) is 2.70. The molecule has 0 spiro atoms. The molecule has 1 aliphatic carbocycles. The third-order valence-electron chi connectivity index (χ3n) is 2.70. The quantitative estimate of drug-likeness (QED) is 0.351. The van der Waals surface area contributed by atoms with E-state index in [4.69, 9.17) is 9.47 Å². The summed E-state index contributed by atoms with van der Waals surface area (Å²) in [6.07, 6.45) is 6.78. The van der Waals surface area contributed by atoms with Gasteiger partial charge in [0.1, 0.15) is 5.76 Å². The molecule has 0 amide bonds. The second-order valence-electron chi connectivity index (χ2n) is 4.43. The summed E-state index contributed by atoms with van der Waals surface area (Å²) in [6, 6.07) is 0. The Morgan fingerprint density at radius 3 is 2.57 bits per heavy atom. The zero-order valence-electron chi connectivity index (χ0n) is 13.2. The minimum atomic E-state index is -0.366. The molecule has 0 aromatic heterocycles. The van der Waals surface area contributed by atoms with Gasteiger partial charge in [0, 0.05) is 61.2 Å². The maximum Gasteiger partial charge on any atom is 0.332 e. The number of ether oxygens (including phenoxy) is 2. The second-order valence-corrected chi connectivity index (χ2v) is 4.43. The molecule has 1 N–H and O–H groups in total. The Balaban J connectivity index is 0.00000400. The van der Waals surface area contributed by atoms with E-state index in [1.165, 1.54) is 13.0 Å². The molecule has 0 atom stereocenters. The fraction of sp³-hybridized carbons (Fsp3) is 0.467. The zero-order valence-corrected chi connectivity index (χ0v) is 15.2. The number of carbonyl (C=O) groups is 2. The Morgan fingerprint density at radius 2 is 1.95 bits per heavy atom. The van der Waals surface area contributed by atoms with Gasteiger partial charge in [0.25, 0.3) is 0 Å². The van der Waals surface area contributed by atoms with Crippen molar-refractivity contribution in [1.29, 1.82) is 0 Å². The smallest absolute Gasteiger partial charge is 0.332 e. The van der Waals surface area contributed by atoms with Crippen molar-refractivity contribution in [3.8, 4) is 0 Å². The van der Waals surface area contributed by atoms with Gasteiger partial charge in [0.15, 0.2) is 0 Å². The van der Waals surface area contributed by atoms with E-state index in [1.807, 2.05) is 12.2 Å². The molecule has 0 aromatic rings. The predicted molar refractivity (Wildman–Crippen MR) is 81.3 cm³/mol. The maximum atomic E-state index is 11.3. The molecular weight excluding hydrogens is 281 g/mol. The monoisotopic (exact) mass is 302 g/mol. The largest absolute Gasteiger partial charge is 0.463 e. The van der Waals surface area contributed by atoms with Crippen molar-refractivity contribution >= 4 is 41.5 Å². The molecule has 1 radical (unpaired) electrons. The second kappa shape index (κ2) is 10.7. The first-order valence-electron chi connectivity index (χ1n) is 6.66. The molecule has 1 aliphatic rings. The first kappa shape index (κ1) is 20.0. The molecule has 0 fully saturated rings. The van der Waals surface area contributed by atoms with Crippen LogP contribution in [0.5, 0.6) is 0 Å². The standard InChI is InChI=1S/C15H21NO4.Na/c1-4-19-15(18)9-11(2)16-10-13-7-5-6-8-14(13)20-12(3)17;/h5-6,9,16H,4,7-8,10H2,1-3H3;. The summed E-state index contributed by atoms with van der Waals surface area (Å²) in [5.74, 6) is 0.0123. The van der Waals surface area contributed by atoms with Crippen LogP contribution in [0.1, 0.15) is 33.6 Å². The van der Waals surface area contributed by atoms with Gasteiger partial charge in [-0.2, -0.15) is 0 Å². The van der Waals surface area contributed by atoms with E-state index < -0.39 is 0 Å². The van der Waals surface area contributed by atoms with E-state index in [-0.39, 0.29) is 41.5 Å². The Kier molecular flexibility index (Phi) is 10.1. The first-order chi connectivity index (χ1) is 9.52. The molecule has 0 aromatic carbocycles. The van der Waals surface area contributed by atoms with Gasteiger partial charge >= 0.3 is 11.9 Å². The zero-order chi connectivity index (χ0) is 15.0. The number of carbonyl (C=O) groups excluding carboxylic acids is 2. The maximum absolute atomic E-state index is 11.3. The van der Waals surface area contributed by atoms with Crippen LogP contribution in [0.25, 0.3) is 0 Å². The average molecular weight is 302 g/mol. The molecule has 111 valence electrons. The molecule has 6 heteroatoms. The fourth-order valence-electron chi connectivity index (χ4n) is 1.79. The Bertz CT molecular complexity index is 466. The number of nitrogens with one attached hydrogen (secondary N) is 1. The summed E-state index contributed by atoms with van der Waals surface area (Å²) in [5.41, 5.74) is 1.73. The molecule has 1 rings (SSSR count). The molecule has 5 nitrogen and oxygen atoms in total. The van der Waals surface area contributed by atoms with E-state index >= 15 is 0 Å². The Morgan fingerprint density at radius 1 is 1.29 bits per heavy atom. The van der Waals surface area contributed by atoms with Gasteiger partial charge in [0.05, 0.1) is 6.61 Å². The van der Waals surface area contributed by atoms with Crippen molar-refractivity contribution in [3.63, 3.8) is 0 Å². The van der Waals surface area contributed by atoms with Gasteiger partial charge in [-0.15, -0.1) is 0 Å². The van der Waals surface area contributed by atoms with Crippen LogP contribution in [0.3, 0.4) is 0 Å². The van der Waals surface area contributed by atoms with Crippen LogP contribution in [-0.4, -0.2) is 54.6 Å². The van der Waals surface area contributed by atoms with Crippen LogP contribution in [-0.2, 0) is 19.1 Å². The molecule has 0 saturated heterocycles. The van der Waals surface area contributed by atoms with Crippen LogP contribution < -0.4 is 5.32 Å². The SMILES string of the molecule is CCOC(=O)C=C(C)NCC1=C(OC(C)=O)CC=CC1.[Na]. The summed E-state index contributed by atoms with van der Waals surface area (Å²) in [7, 11) is 0. The van der Waals surface area contributed by atoms with Crippen molar-refractivity contribution in [3.05, 3.63) is 35.3 Å². The summed E-state index contributed by atoms with van der Waals surface area (Å²) >= 11 is 0. The van der Waals surface area contributed by atoms with Crippen molar-refractivity contribution < 1.29 is 19.1 Å². The van der Waals surface area contributed by atoms with Crippen LogP contribution in [0.15, 0.2) is 35.3 Å². The third kappa shape index (κ3) is 8.09. The number of hydrogen-bond donors (Lipinski definition) is 1. The molecule has 21 heavy (non-hydrogen) atoms. The van der Waals surface area contributed by atoms with E-state index in [1.54, 1.807) is 13.8 Å². The van der Waals surface area contributed by atoms with Gasteiger partial charge in [-0.05, 0) is 25.8 Å². The summed E-state index contributed by atoms with van der Waals surface area (Å²) < 4.78 is 10.0. The van der Waals surface area contributed by atoms with E-state index in [9.17, 15) is 9.59 Å². The minimum absolute atomic E-state index is 0. The van der Waals surface area contributed by atoms with Gasteiger partial charge < -0.3 is 14.8 Å². The summed E-state index contributed by atoms with van der Waals surface area (Å²) in [6.45, 7) is 5.84. The Labute approximate surface area is 147 Å². The molecule has 0 bridgehead atoms. The first-order valence-corrected chi connectivity index (χ1v) is 6.66. The molecule has 0 heterocycles. The number of hydrogen-bond acceptors (Lipinski definition) is 5. The van der Waals surface area contributed by atoms with Crippen LogP contribution in [0.2, 0.25) is 0 Å². The molecule has 0 unspecified atom stereocenters. The molecular formula is C15H21NNaO4. The number of esters is 2. The Hall–Kier alpha value is -1.04. The van der Waals surface area contributed by atoms with E-state index in [0.29, 0.717) is 31.0 Å². The normalized spacial score (nSPS) is 14.3. The molecule has 0 saturated carbocycles. The van der Waals surface area contributed by atoms with Crippen LogP contribution in [0, 0.1) is 0 Å². The average Bonchev–Trinajstić information content (AvgIpc) is 2.37. The number of allylic oxidation sites excluding steroid dienone is 3. The number of rotatable bonds is 6. The predicted octanol–water partition coefficient (Wildman–Crippen LogP) is 1.83. The summed E-state index contributed by atoms with van der Waals surface area (Å²) in [5, 5.41) is 3.12. The van der Waals surface area contributed by atoms with Gasteiger partial charge in [0.2, 0.25) is 0 Å². The van der Waals surface area contributed by atoms with E-state index in [2.05, 4.69) is 5.32 Å². The molecule has 0 aliphatic heterocycles. The van der Waals surface area contributed by atoms with Crippen LogP contribution >= 0.6 is 0 Å². The van der Waals surface area contributed by atoms with Crippen molar-refractivity contribution in [2.24, 2.45) is 0 Å². The fourth-order valence-corrected chi connectivity index (χ4v) is 1.79. The van der Waals surface area contributed by atoms with Crippen molar-refractivity contribution in [2.75, 3.05) is 13.2 Å². The van der Waals surface area contributed by atoms with Gasteiger partial charge in [-0.3, -0.25) is 4.79 Å². The van der Waals surface area contributed by atoms with Crippen LogP contribution in [0.4, 0.5) is 0 Å². The van der Waals surface area contributed by atoms with Crippen molar-refractivity contribution in [1.82, 2.24) is 5.32 Å². The van der Waals surface area contributed by atoms with Crippen molar-refractivity contribution in [2.45, 2.75) is 33.6 Å². The minimum Gasteiger partial charge on any atom is -0.463 e. The van der Waals surface area contributed by atoms with Gasteiger partial charge in [-0.1, -0.05) is 12.2 Å².